The molecule has 0 aromatic rings. The molecule has 5 heteroatoms. The highest BCUT2D eigenvalue weighted by Crippen LogP contribution is 2.07. The van der Waals surface area contributed by atoms with E-state index in [9.17, 15) is 9.59 Å². The van der Waals surface area contributed by atoms with Gasteiger partial charge in [-0.1, -0.05) is 20.3 Å². The number of carboxylic acids is 1. The summed E-state index contributed by atoms with van der Waals surface area (Å²) >= 11 is 0. The number of hydrogen-bond acceptors (Lipinski definition) is 3. The summed E-state index contributed by atoms with van der Waals surface area (Å²) in [5.41, 5.74) is 5.74. The van der Waals surface area contributed by atoms with Crippen molar-refractivity contribution in [2.24, 2.45) is 11.7 Å². The molecule has 0 saturated carbocycles. The lowest BCUT2D eigenvalue weighted by Crippen LogP contribution is -2.45. The number of hydrogen-bond donors (Lipinski definition) is 2. The standard InChI is InChI=1S/C10H20N2O3/c1-4-7(2)9(11)10(15)12(3)6-5-8(13)14/h7,9H,4-6,11H2,1-3H3,(H,13,14). The van der Waals surface area contributed by atoms with Gasteiger partial charge >= 0.3 is 5.97 Å². The van der Waals surface area contributed by atoms with E-state index in [4.69, 9.17) is 10.8 Å². The molecule has 0 aliphatic heterocycles. The van der Waals surface area contributed by atoms with E-state index < -0.39 is 12.0 Å². The van der Waals surface area contributed by atoms with Crippen LogP contribution in [0.3, 0.4) is 0 Å². The van der Waals surface area contributed by atoms with E-state index in [-0.39, 0.29) is 24.8 Å². The summed E-state index contributed by atoms with van der Waals surface area (Å²) in [7, 11) is 1.58. The van der Waals surface area contributed by atoms with Gasteiger partial charge in [0.05, 0.1) is 12.5 Å². The molecule has 0 saturated heterocycles. The smallest absolute Gasteiger partial charge is 0.305 e. The van der Waals surface area contributed by atoms with Gasteiger partial charge < -0.3 is 15.7 Å². The molecule has 0 aliphatic rings. The SMILES string of the molecule is CCC(C)C(N)C(=O)N(C)CCC(=O)O. The highest BCUT2D eigenvalue weighted by Gasteiger charge is 2.22. The first-order valence-corrected chi connectivity index (χ1v) is 5.12. The Morgan fingerprint density at radius 3 is 2.40 bits per heavy atom. The summed E-state index contributed by atoms with van der Waals surface area (Å²) < 4.78 is 0. The van der Waals surface area contributed by atoms with Crippen LogP contribution in [0.4, 0.5) is 0 Å². The second kappa shape index (κ2) is 6.40. The Morgan fingerprint density at radius 1 is 1.47 bits per heavy atom. The van der Waals surface area contributed by atoms with E-state index >= 15 is 0 Å². The molecule has 0 heterocycles. The molecule has 2 unspecified atom stereocenters. The van der Waals surface area contributed by atoms with Crippen LogP contribution in [0.5, 0.6) is 0 Å². The van der Waals surface area contributed by atoms with Crippen molar-refractivity contribution < 1.29 is 14.7 Å². The van der Waals surface area contributed by atoms with E-state index in [2.05, 4.69) is 0 Å². The molecule has 15 heavy (non-hydrogen) atoms. The molecular formula is C10H20N2O3. The van der Waals surface area contributed by atoms with Crippen molar-refractivity contribution in [2.75, 3.05) is 13.6 Å². The molecule has 0 radical (unpaired) electrons. The van der Waals surface area contributed by atoms with Crippen LogP contribution in [0.15, 0.2) is 0 Å². The van der Waals surface area contributed by atoms with E-state index in [0.29, 0.717) is 0 Å². The minimum Gasteiger partial charge on any atom is -0.481 e. The van der Waals surface area contributed by atoms with Crippen molar-refractivity contribution >= 4 is 11.9 Å². The fraction of sp³-hybridized carbons (Fsp3) is 0.800. The molecule has 1 amide bonds. The van der Waals surface area contributed by atoms with Crippen LogP contribution in [0.2, 0.25) is 0 Å². The number of rotatable bonds is 6. The Balaban J connectivity index is 4.13. The van der Waals surface area contributed by atoms with Gasteiger partial charge in [0.2, 0.25) is 5.91 Å². The van der Waals surface area contributed by atoms with Crippen LogP contribution < -0.4 is 5.73 Å². The molecule has 0 aromatic carbocycles. The van der Waals surface area contributed by atoms with Gasteiger partial charge in [-0.15, -0.1) is 0 Å². The lowest BCUT2D eigenvalue weighted by atomic mass is 9.99. The summed E-state index contributed by atoms with van der Waals surface area (Å²) in [6, 6.07) is -0.534. The quantitative estimate of drug-likeness (QED) is 0.668. The molecule has 0 rings (SSSR count). The number of aliphatic carboxylic acids is 1. The van der Waals surface area contributed by atoms with Gasteiger partial charge in [0.15, 0.2) is 0 Å². The largest absolute Gasteiger partial charge is 0.481 e. The molecule has 0 fully saturated rings. The van der Waals surface area contributed by atoms with E-state index in [0.717, 1.165) is 6.42 Å². The normalized spacial score (nSPS) is 14.4. The Bertz CT molecular complexity index is 231. The third kappa shape index (κ3) is 4.78. The van der Waals surface area contributed by atoms with Crippen molar-refractivity contribution in [2.45, 2.75) is 32.7 Å². The van der Waals surface area contributed by atoms with Gasteiger partial charge in [-0.05, 0) is 5.92 Å². The predicted molar refractivity (Wildman–Crippen MR) is 57.3 cm³/mol. The zero-order valence-corrected chi connectivity index (χ0v) is 9.56. The number of nitrogens with zero attached hydrogens (tertiary/aromatic N) is 1. The maximum atomic E-state index is 11.7. The van der Waals surface area contributed by atoms with Crippen molar-refractivity contribution in [1.82, 2.24) is 4.90 Å². The second-order valence-corrected chi connectivity index (χ2v) is 3.81. The third-order valence-electron chi connectivity index (χ3n) is 2.58. The van der Waals surface area contributed by atoms with Gasteiger partial charge in [0.25, 0.3) is 0 Å². The summed E-state index contributed by atoms with van der Waals surface area (Å²) in [4.78, 5) is 23.4. The number of carboxylic acid groups (broad SMARTS) is 1. The minimum absolute atomic E-state index is 0.0462. The zero-order chi connectivity index (χ0) is 12.0. The van der Waals surface area contributed by atoms with Crippen LogP contribution in [0.1, 0.15) is 26.7 Å². The number of carbonyl (C=O) groups is 2. The van der Waals surface area contributed by atoms with Crippen LogP contribution in [-0.2, 0) is 9.59 Å². The monoisotopic (exact) mass is 216 g/mol. The molecule has 0 aromatic heterocycles. The lowest BCUT2D eigenvalue weighted by molar-refractivity contribution is -0.138. The third-order valence-corrected chi connectivity index (χ3v) is 2.58. The first-order chi connectivity index (χ1) is 6.90. The van der Waals surface area contributed by atoms with Gasteiger partial charge in [-0.25, -0.2) is 0 Å². The summed E-state index contributed by atoms with van der Waals surface area (Å²) in [6.07, 6.45) is 0.787. The van der Waals surface area contributed by atoms with Crippen molar-refractivity contribution in [3.63, 3.8) is 0 Å². The second-order valence-electron chi connectivity index (χ2n) is 3.81. The fourth-order valence-corrected chi connectivity index (χ4v) is 1.13. The van der Waals surface area contributed by atoms with Gasteiger partial charge in [-0.3, -0.25) is 9.59 Å². The molecule has 5 nitrogen and oxygen atoms in total. The lowest BCUT2D eigenvalue weighted by Gasteiger charge is -2.24. The molecular weight excluding hydrogens is 196 g/mol. The first kappa shape index (κ1) is 13.9. The maximum Gasteiger partial charge on any atom is 0.305 e. The summed E-state index contributed by atoms with van der Waals surface area (Å²) in [5.74, 6) is -0.984. The topological polar surface area (TPSA) is 83.6 Å². The van der Waals surface area contributed by atoms with Gasteiger partial charge in [0.1, 0.15) is 0 Å². The van der Waals surface area contributed by atoms with E-state index in [1.54, 1.807) is 7.05 Å². The molecule has 0 bridgehead atoms. The number of amides is 1. The number of carbonyl (C=O) groups excluding carboxylic acids is 1. The average molecular weight is 216 g/mol. The zero-order valence-electron chi connectivity index (χ0n) is 9.56. The van der Waals surface area contributed by atoms with Crippen molar-refractivity contribution in [1.29, 1.82) is 0 Å². The minimum atomic E-state index is -0.910. The van der Waals surface area contributed by atoms with Crippen molar-refractivity contribution in [3.8, 4) is 0 Å². The summed E-state index contributed by atoms with van der Waals surface area (Å²) in [6.45, 7) is 4.08. The molecule has 0 aliphatic carbocycles. The highest BCUT2D eigenvalue weighted by atomic mass is 16.4. The van der Waals surface area contributed by atoms with Crippen LogP contribution in [0.25, 0.3) is 0 Å². The van der Waals surface area contributed by atoms with Gasteiger partial charge in [-0.2, -0.15) is 0 Å². The average Bonchev–Trinajstić information content (AvgIpc) is 2.22. The Labute approximate surface area is 90.2 Å². The van der Waals surface area contributed by atoms with E-state index in [1.807, 2.05) is 13.8 Å². The predicted octanol–water partition coefficient (Wildman–Crippen LogP) is 0.293. The Hall–Kier alpha value is -1.10. The molecule has 3 N–H and O–H groups in total. The summed E-state index contributed by atoms with van der Waals surface area (Å²) in [5, 5.41) is 8.47. The Kier molecular flexibility index (Phi) is 5.93. The molecule has 88 valence electrons. The number of likely N-dealkylation sites (N-methyl/N-ethyl adjacent to an activating group) is 1. The molecule has 2 atom stereocenters. The maximum absolute atomic E-state index is 11.7. The fourth-order valence-electron chi connectivity index (χ4n) is 1.13. The van der Waals surface area contributed by atoms with Crippen LogP contribution in [-0.4, -0.2) is 41.5 Å². The first-order valence-electron chi connectivity index (χ1n) is 5.12. The van der Waals surface area contributed by atoms with Crippen molar-refractivity contribution in [3.05, 3.63) is 0 Å². The van der Waals surface area contributed by atoms with Gasteiger partial charge in [0, 0.05) is 13.6 Å². The van der Waals surface area contributed by atoms with Crippen LogP contribution >= 0.6 is 0 Å². The highest BCUT2D eigenvalue weighted by molar-refractivity contribution is 5.82. The van der Waals surface area contributed by atoms with Crippen LogP contribution in [0, 0.1) is 5.92 Å². The Morgan fingerprint density at radius 2 is 2.00 bits per heavy atom. The molecule has 0 spiro atoms. The number of nitrogens with two attached hydrogens (primary N) is 1. The van der Waals surface area contributed by atoms with E-state index in [1.165, 1.54) is 4.90 Å².